The highest BCUT2D eigenvalue weighted by Gasteiger charge is 2.32. The third-order valence-corrected chi connectivity index (χ3v) is 4.96. The molecule has 4 aromatic rings. The van der Waals surface area contributed by atoms with Gasteiger partial charge in [0, 0.05) is 12.1 Å². The molecule has 1 unspecified atom stereocenters. The second-order valence-electron chi connectivity index (χ2n) is 6.60. The van der Waals surface area contributed by atoms with Gasteiger partial charge in [-0.15, -0.1) is 5.10 Å². The summed E-state index contributed by atoms with van der Waals surface area (Å²) in [6.07, 6.45) is 3.40. The zero-order valence-electron chi connectivity index (χ0n) is 14.5. The maximum Gasteiger partial charge on any atom is 0.254 e. The number of nitrogens with zero attached hydrogens (tertiary/aromatic N) is 6. The number of hydrogen-bond acceptors (Lipinski definition) is 5. The van der Waals surface area contributed by atoms with Gasteiger partial charge >= 0.3 is 0 Å². The number of amides is 1. The molecule has 134 valence electrons. The van der Waals surface area contributed by atoms with Crippen molar-refractivity contribution >= 4 is 16.9 Å². The lowest BCUT2D eigenvalue weighted by atomic mass is 10.1. The summed E-state index contributed by atoms with van der Waals surface area (Å²) >= 11 is 0. The third-order valence-electron chi connectivity index (χ3n) is 4.96. The second kappa shape index (κ2) is 6.31. The molecule has 5 rings (SSSR count). The average molecular weight is 359 g/mol. The van der Waals surface area contributed by atoms with Crippen LogP contribution in [0.4, 0.5) is 0 Å². The monoisotopic (exact) mass is 359 g/mol. The summed E-state index contributed by atoms with van der Waals surface area (Å²) in [6.45, 7) is 0.731. The molecule has 27 heavy (non-hydrogen) atoms. The van der Waals surface area contributed by atoms with Gasteiger partial charge in [-0.3, -0.25) is 4.79 Å². The molecule has 3 heterocycles. The smallest absolute Gasteiger partial charge is 0.254 e. The summed E-state index contributed by atoms with van der Waals surface area (Å²) in [7, 11) is 0. The molecule has 8 nitrogen and oxygen atoms in total. The van der Waals surface area contributed by atoms with Crippen molar-refractivity contribution < 1.29 is 4.79 Å². The largest absolute Gasteiger partial charge is 0.340 e. The van der Waals surface area contributed by atoms with Gasteiger partial charge < -0.3 is 9.88 Å². The van der Waals surface area contributed by atoms with Gasteiger partial charge in [0.1, 0.15) is 12.2 Å². The Kier molecular flexibility index (Phi) is 3.67. The van der Waals surface area contributed by atoms with Crippen LogP contribution in [0.5, 0.6) is 0 Å². The molecule has 1 atom stereocenters. The van der Waals surface area contributed by atoms with Crippen LogP contribution in [-0.2, 0) is 0 Å². The van der Waals surface area contributed by atoms with E-state index in [1.807, 2.05) is 53.4 Å². The molecule has 0 bridgehead atoms. The summed E-state index contributed by atoms with van der Waals surface area (Å²) in [5, 5.41) is 11.1. The number of imidazole rings is 1. The van der Waals surface area contributed by atoms with Crippen LogP contribution in [0.2, 0.25) is 0 Å². The third kappa shape index (κ3) is 2.75. The minimum Gasteiger partial charge on any atom is -0.340 e. The zero-order chi connectivity index (χ0) is 18.2. The Labute approximate surface area is 154 Å². The summed E-state index contributed by atoms with van der Waals surface area (Å²) in [5.41, 5.74) is 3.39. The van der Waals surface area contributed by atoms with Crippen LogP contribution in [0.25, 0.3) is 16.7 Å². The molecule has 8 heteroatoms. The molecule has 1 saturated heterocycles. The highest BCUT2D eigenvalue weighted by atomic mass is 16.2. The molecule has 1 aliphatic heterocycles. The first kappa shape index (κ1) is 15.7. The molecule has 1 N–H and O–H groups in total. The van der Waals surface area contributed by atoms with E-state index >= 15 is 0 Å². The first-order valence-electron chi connectivity index (χ1n) is 8.89. The van der Waals surface area contributed by atoms with Crippen LogP contribution in [0, 0.1) is 0 Å². The summed E-state index contributed by atoms with van der Waals surface area (Å²) < 4.78 is 1.56. The van der Waals surface area contributed by atoms with E-state index in [9.17, 15) is 4.79 Å². The summed E-state index contributed by atoms with van der Waals surface area (Å²) in [4.78, 5) is 23.1. The minimum atomic E-state index is -0.0240. The van der Waals surface area contributed by atoms with E-state index in [4.69, 9.17) is 4.98 Å². The number of fused-ring (bicyclic) bond motifs is 1. The number of nitrogens with one attached hydrogen (secondary N) is 1. The number of carbonyl (C=O) groups excluding carboxylic acids is 1. The molecule has 1 fully saturated rings. The van der Waals surface area contributed by atoms with Crippen molar-refractivity contribution in [3.8, 4) is 5.69 Å². The van der Waals surface area contributed by atoms with Gasteiger partial charge in [-0.1, -0.05) is 12.1 Å². The van der Waals surface area contributed by atoms with Crippen molar-refractivity contribution in [2.75, 3.05) is 6.54 Å². The highest BCUT2D eigenvalue weighted by Crippen LogP contribution is 2.32. The quantitative estimate of drug-likeness (QED) is 0.607. The van der Waals surface area contributed by atoms with Gasteiger partial charge in [0.15, 0.2) is 0 Å². The van der Waals surface area contributed by atoms with Crippen LogP contribution < -0.4 is 0 Å². The molecule has 0 radical (unpaired) electrons. The van der Waals surface area contributed by atoms with Crippen molar-refractivity contribution in [1.82, 2.24) is 35.1 Å². The number of carbonyl (C=O) groups is 1. The van der Waals surface area contributed by atoms with E-state index in [-0.39, 0.29) is 11.9 Å². The number of aromatic nitrogens is 6. The molecule has 0 spiro atoms. The average Bonchev–Trinajstić information content (AvgIpc) is 3.47. The summed E-state index contributed by atoms with van der Waals surface area (Å²) in [5.74, 6) is 0.869. The predicted octanol–water partition coefficient (Wildman–Crippen LogP) is 2.52. The van der Waals surface area contributed by atoms with Crippen LogP contribution >= 0.6 is 0 Å². The molecular weight excluding hydrogens is 342 g/mol. The first-order valence-corrected chi connectivity index (χ1v) is 8.89. The van der Waals surface area contributed by atoms with Crippen molar-refractivity contribution in [2.45, 2.75) is 18.9 Å². The van der Waals surface area contributed by atoms with E-state index in [0.29, 0.717) is 5.56 Å². The van der Waals surface area contributed by atoms with Gasteiger partial charge in [-0.25, -0.2) is 9.67 Å². The van der Waals surface area contributed by atoms with Gasteiger partial charge in [-0.2, -0.15) is 0 Å². The summed E-state index contributed by atoms with van der Waals surface area (Å²) in [6, 6.07) is 15.2. The van der Waals surface area contributed by atoms with E-state index in [1.54, 1.807) is 4.68 Å². The van der Waals surface area contributed by atoms with Crippen molar-refractivity contribution in [1.29, 1.82) is 0 Å². The van der Waals surface area contributed by atoms with Gasteiger partial charge in [0.2, 0.25) is 0 Å². The lowest BCUT2D eigenvalue weighted by Crippen LogP contribution is -2.31. The number of benzene rings is 2. The molecule has 1 aliphatic rings. The number of H-pyrrole nitrogens is 1. The number of rotatable bonds is 3. The van der Waals surface area contributed by atoms with Crippen molar-refractivity contribution in [2.24, 2.45) is 0 Å². The fourth-order valence-corrected chi connectivity index (χ4v) is 3.63. The molecule has 2 aromatic carbocycles. The molecule has 0 saturated carbocycles. The fraction of sp³-hybridized carbons (Fsp3) is 0.211. The van der Waals surface area contributed by atoms with Crippen molar-refractivity contribution in [3.63, 3.8) is 0 Å². The van der Waals surface area contributed by atoms with Crippen LogP contribution in [0.1, 0.15) is 35.1 Å². The second-order valence-corrected chi connectivity index (χ2v) is 6.60. The Balaban J connectivity index is 1.41. The SMILES string of the molecule is O=C(c1ccc(-n2cnnn2)cc1)N1CCCC1c1nc2ccccc2[nH]1. The molecule has 0 aliphatic carbocycles. The van der Waals surface area contributed by atoms with Crippen LogP contribution in [0.3, 0.4) is 0 Å². The van der Waals surface area contributed by atoms with E-state index < -0.39 is 0 Å². The lowest BCUT2D eigenvalue weighted by Gasteiger charge is -2.23. The van der Waals surface area contributed by atoms with Gasteiger partial charge in [-0.05, 0) is 59.7 Å². The predicted molar refractivity (Wildman–Crippen MR) is 98.3 cm³/mol. The maximum absolute atomic E-state index is 13.1. The number of hydrogen-bond donors (Lipinski definition) is 1. The van der Waals surface area contributed by atoms with Gasteiger partial charge in [0.25, 0.3) is 5.91 Å². The highest BCUT2D eigenvalue weighted by molar-refractivity contribution is 5.95. The standard InChI is InChI=1S/C19H17N7O/c27-19(13-7-9-14(10-8-13)26-12-20-23-24-26)25-11-3-6-17(25)18-21-15-4-1-2-5-16(15)22-18/h1-2,4-5,7-10,12,17H,3,6,11H2,(H,21,22). The Morgan fingerprint density at radius 1 is 1.11 bits per heavy atom. The number of tetrazole rings is 1. The topological polar surface area (TPSA) is 92.6 Å². The molecule has 2 aromatic heterocycles. The normalized spacial score (nSPS) is 16.9. The Morgan fingerprint density at radius 2 is 1.96 bits per heavy atom. The van der Waals surface area contributed by atoms with Crippen molar-refractivity contribution in [3.05, 3.63) is 66.2 Å². The minimum absolute atomic E-state index is 0.0150. The number of para-hydroxylation sites is 2. The Hall–Kier alpha value is -3.55. The van der Waals surface area contributed by atoms with Crippen LogP contribution in [-0.4, -0.2) is 47.5 Å². The molecular formula is C19H17N7O. The van der Waals surface area contributed by atoms with E-state index in [0.717, 1.165) is 41.9 Å². The van der Waals surface area contributed by atoms with E-state index in [2.05, 4.69) is 20.5 Å². The lowest BCUT2D eigenvalue weighted by molar-refractivity contribution is 0.0730. The maximum atomic E-state index is 13.1. The number of likely N-dealkylation sites (tertiary alicyclic amines) is 1. The number of aromatic amines is 1. The Morgan fingerprint density at radius 3 is 2.74 bits per heavy atom. The first-order chi connectivity index (χ1) is 13.3. The van der Waals surface area contributed by atoms with E-state index in [1.165, 1.54) is 6.33 Å². The Bertz CT molecular complexity index is 1050. The molecule has 1 amide bonds. The van der Waals surface area contributed by atoms with Gasteiger partial charge in [0.05, 0.1) is 22.8 Å². The zero-order valence-corrected chi connectivity index (χ0v) is 14.5. The fourth-order valence-electron chi connectivity index (χ4n) is 3.63. The van der Waals surface area contributed by atoms with Crippen LogP contribution in [0.15, 0.2) is 54.9 Å².